The van der Waals surface area contributed by atoms with E-state index in [2.05, 4.69) is 109 Å². The van der Waals surface area contributed by atoms with Gasteiger partial charge in [-0.05, 0) is 41.0 Å². The highest BCUT2D eigenvalue weighted by molar-refractivity contribution is 8.17. The summed E-state index contributed by atoms with van der Waals surface area (Å²) in [5.41, 5.74) is 4.75. The normalized spacial score (nSPS) is 14.2. The second-order valence-electron chi connectivity index (χ2n) is 8.00. The minimum absolute atomic E-state index is 0.870. The van der Waals surface area contributed by atoms with E-state index in [4.69, 9.17) is 4.42 Å². The molecule has 4 aromatic carbocycles. The Hall–Kier alpha value is -3.88. The molecule has 0 atom stereocenters. The van der Waals surface area contributed by atoms with E-state index in [-0.39, 0.29) is 0 Å². The van der Waals surface area contributed by atoms with Gasteiger partial charge in [-0.1, -0.05) is 103 Å². The summed E-state index contributed by atoms with van der Waals surface area (Å²) in [7, 11) is 0. The fourth-order valence-electron chi connectivity index (χ4n) is 4.21. The molecule has 0 aliphatic carbocycles. The van der Waals surface area contributed by atoms with Crippen LogP contribution in [0.25, 0.3) is 44.1 Å². The number of rotatable bonds is 3. The smallest absolute Gasteiger partial charge is 0.207 e. The first-order valence-electron chi connectivity index (χ1n) is 11.0. The SMILES string of the molecule is C1=C(c2ccccc2)S/C(=C\c2[o+]c(-c3ccccc3)cc3ccccc23)c2ccccc21. The van der Waals surface area contributed by atoms with E-state index in [1.54, 1.807) is 11.8 Å². The summed E-state index contributed by atoms with van der Waals surface area (Å²) < 4.78 is 6.53. The molecule has 0 unspecified atom stereocenters. The molecular formula is C31H21OS+. The van der Waals surface area contributed by atoms with E-state index in [1.165, 1.54) is 31.9 Å². The lowest BCUT2D eigenvalue weighted by Crippen LogP contribution is -1.94. The van der Waals surface area contributed by atoms with E-state index >= 15 is 0 Å². The van der Waals surface area contributed by atoms with Crippen LogP contribution in [0.2, 0.25) is 0 Å². The number of fused-ring (bicyclic) bond motifs is 2. The molecule has 1 aliphatic heterocycles. The fourth-order valence-corrected chi connectivity index (χ4v) is 5.34. The van der Waals surface area contributed by atoms with Gasteiger partial charge in [0.2, 0.25) is 0 Å². The van der Waals surface area contributed by atoms with Crippen LogP contribution in [-0.4, -0.2) is 0 Å². The van der Waals surface area contributed by atoms with Gasteiger partial charge in [0, 0.05) is 15.2 Å². The number of benzene rings is 4. The van der Waals surface area contributed by atoms with Crippen molar-refractivity contribution in [3.05, 3.63) is 138 Å². The molecule has 1 nitrogen and oxygen atoms in total. The van der Waals surface area contributed by atoms with E-state index in [0.717, 1.165) is 22.5 Å². The van der Waals surface area contributed by atoms with Crippen LogP contribution in [0.5, 0.6) is 0 Å². The monoisotopic (exact) mass is 441 g/mol. The van der Waals surface area contributed by atoms with E-state index in [1.807, 2.05) is 18.2 Å². The Morgan fingerprint density at radius 2 is 1.30 bits per heavy atom. The Kier molecular flexibility index (Phi) is 5.14. The second kappa shape index (κ2) is 8.57. The standard InChI is InChI=1S/C31H21OS/c1-3-11-22(12-4-1)28-19-24-15-7-9-17-26(24)29(32-28)21-31-27-18-10-8-16-25(27)20-30(33-31)23-13-5-2-6-14-23/h1-21H/q+1/b31-21-. The summed E-state index contributed by atoms with van der Waals surface area (Å²) in [6.07, 6.45) is 4.48. The summed E-state index contributed by atoms with van der Waals surface area (Å²) in [5.74, 6) is 1.74. The van der Waals surface area contributed by atoms with Crippen LogP contribution in [-0.2, 0) is 0 Å². The topological polar surface area (TPSA) is 11.3 Å². The van der Waals surface area contributed by atoms with Crippen molar-refractivity contribution < 1.29 is 4.42 Å². The summed E-state index contributed by atoms with van der Waals surface area (Å²) in [6, 6.07) is 40.0. The number of thioether (sulfide) groups is 1. The second-order valence-corrected chi connectivity index (χ2v) is 9.08. The molecule has 33 heavy (non-hydrogen) atoms. The Labute approximate surface area is 197 Å². The molecule has 0 saturated heterocycles. The van der Waals surface area contributed by atoms with Crippen molar-refractivity contribution in [3.8, 4) is 11.3 Å². The Morgan fingerprint density at radius 3 is 2.12 bits per heavy atom. The van der Waals surface area contributed by atoms with Gasteiger partial charge in [0.1, 0.15) is 0 Å². The van der Waals surface area contributed by atoms with Crippen LogP contribution >= 0.6 is 11.8 Å². The summed E-state index contributed by atoms with van der Waals surface area (Å²) in [5, 5.41) is 2.28. The zero-order chi connectivity index (χ0) is 22.0. The largest absolute Gasteiger partial charge is 0.362 e. The van der Waals surface area contributed by atoms with Crippen molar-refractivity contribution in [3.63, 3.8) is 0 Å². The molecule has 1 aliphatic rings. The molecule has 0 saturated carbocycles. The Bertz CT molecular complexity index is 1520. The minimum Gasteiger partial charge on any atom is -0.207 e. The van der Waals surface area contributed by atoms with Gasteiger partial charge in [-0.3, -0.25) is 0 Å². The molecular weight excluding hydrogens is 420 g/mol. The molecule has 0 fully saturated rings. The summed E-state index contributed by atoms with van der Waals surface area (Å²) in [4.78, 5) is 2.43. The first-order chi connectivity index (χ1) is 16.3. The lowest BCUT2D eigenvalue weighted by Gasteiger charge is -2.18. The highest BCUT2D eigenvalue weighted by Gasteiger charge is 2.23. The van der Waals surface area contributed by atoms with Crippen LogP contribution in [0.15, 0.2) is 120 Å². The highest BCUT2D eigenvalue weighted by Crippen LogP contribution is 2.47. The molecule has 0 amide bonds. The fraction of sp³-hybridized carbons (Fsp3) is 0. The Morgan fingerprint density at radius 1 is 0.636 bits per heavy atom. The molecule has 156 valence electrons. The van der Waals surface area contributed by atoms with Crippen LogP contribution < -0.4 is 0 Å². The van der Waals surface area contributed by atoms with Crippen LogP contribution in [0.3, 0.4) is 0 Å². The molecule has 1 aromatic heterocycles. The van der Waals surface area contributed by atoms with Crippen molar-refractivity contribution in [2.45, 2.75) is 0 Å². The van der Waals surface area contributed by atoms with E-state index in [9.17, 15) is 0 Å². The van der Waals surface area contributed by atoms with Crippen molar-refractivity contribution in [1.82, 2.24) is 0 Å². The molecule has 6 rings (SSSR count). The average molecular weight is 442 g/mol. The lowest BCUT2D eigenvalue weighted by atomic mass is 10.0. The third kappa shape index (κ3) is 3.90. The van der Waals surface area contributed by atoms with Gasteiger partial charge in [0.15, 0.2) is 0 Å². The van der Waals surface area contributed by atoms with Gasteiger partial charge in [-0.15, -0.1) is 0 Å². The van der Waals surface area contributed by atoms with Crippen molar-refractivity contribution >= 4 is 44.5 Å². The van der Waals surface area contributed by atoms with Crippen molar-refractivity contribution in [2.75, 3.05) is 0 Å². The zero-order valence-corrected chi connectivity index (χ0v) is 18.8. The van der Waals surface area contributed by atoms with Crippen LogP contribution in [0.1, 0.15) is 22.5 Å². The molecule has 5 aromatic rings. The third-order valence-corrected chi connectivity index (χ3v) is 6.98. The predicted molar refractivity (Wildman–Crippen MR) is 142 cm³/mol. The van der Waals surface area contributed by atoms with Gasteiger partial charge in [0.25, 0.3) is 0 Å². The van der Waals surface area contributed by atoms with Gasteiger partial charge in [-0.25, -0.2) is 4.42 Å². The van der Waals surface area contributed by atoms with Crippen LogP contribution in [0, 0.1) is 0 Å². The maximum atomic E-state index is 6.53. The van der Waals surface area contributed by atoms with Gasteiger partial charge in [-0.2, -0.15) is 0 Å². The maximum absolute atomic E-state index is 6.53. The average Bonchev–Trinajstić information content (AvgIpc) is 2.89. The molecule has 2 heterocycles. The molecule has 0 bridgehead atoms. The van der Waals surface area contributed by atoms with E-state index in [0.29, 0.717) is 0 Å². The zero-order valence-electron chi connectivity index (χ0n) is 17.9. The quantitative estimate of drug-likeness (QED) is 0.259. The van der Waals surface area contributed by atoms with Crippen molar-refractivity contribution in [2.24, 2.45) is 0 Å². The first kappa shape index (κ1) is 19.8. The summed E-state index contributed by atoms with van der Waals surface area (Å²) in [6.45, 7) is 0. The third-order valence-electron chi connectivity index (χ3n) is 5.84. The summed E-state index contributed by atoms with van der Waals surface area (Å²) >= 11 is 1.79. The number of hydrogen-bond acceptors (Lipinski definition) is 1. The maximum Gasteiger partial charge on any atom is 0.362 e. The number of hydrogen-bond donors (Lipinski definition) is 0. The first-order valence-corrected chi connectivity index (χ1v) is 11.8. The lowest BCUT2D eigenvalue weighted by molar-refractivity contribution is 0.563. The van der Waals surface area contributed by atoms with Crippen molar-refractivity contribution in [1.29, 1.82) is 0 Å². The van der Waals surface area contributed by atoms with E-state index < -0.39 is 0 Å². The highest BCUT2D eigenvalue weighted by atomic mass is 32.2. The van der Waals surface area contributed by atoms with Crippen LogP contribution in [0.4, 0.5) is 0 Å². The predicted octanol–water partition coefficient (Wildman–Crippen LogP) is 9.12. The molecule has 0 spiro atoms. The molecule has 0 radical (unpaired) electrons. The van der Waals surface area contributed by atoms with Gasteiger partial charge >= 0.3 is 11.5 Å². The van der Waals surface area contributed by atoms with Gasteiger partial charge in [0.05, 0.1) is 23.1 Å². The molecule has 2 heteroatoms. The van der Waals surface area contributed by atoms with Gasteiger partial charge < -0.3 is 0 Å². The minimum atomic E-state index is 0.870. The Balaban J connectivity index is 1.54. The molecule has 0 N–H and O–H groups in total.